The lowest BCUT2D eigenvalue weighted by Crippen LogP contribution is -2.51. The summed E-state index contributed by atoms with van der Waals surface area (Å²) in [5, 5.41) is 0. The van der Waals surface area contributed by atoms with Crippen molar-refractivity contribution in [1.29, 1.82) is 0 Å². The average molecular weight is 387 g/mol. The van der Waals surface area contributed by atoms with Gasteiger partial charge in [0.2, 0.25) is 0 Å². The van der Waals surface area contributed by atoms with Crippen LogP contribution in [0.25, 0.3) is 0 Å². The number of ether oxygens (including phenoxy) is 1. The number of allylic oxidation sites excluding steroid dienone is 2. The van der Waals surface area contributed by atoms with Crippen LogP contribution >= 0.6 is 0 Å². The molecule has 0 aromatic carbocycles. The van der Waals surface area contributed by atoms with Crippen molar-refractivity contribution in [1.82, 2.24) is 0 Å². The van der Waals surface area contributed by atoms with Gasteiger partial charge in [-0.3, -0.25) is 9.59 Å². The van der Waals surface area contributed by atoms with Crippen LogP contribution in [0.3, 0.4) is 0 Å². The van der Waals surface area contributed by atoms with E-state index >= 15 is 0 Å². The van der Waals surface area contributed by atoms with E-state index in [4.69, 9.17) is 4.74 Å². The first kappa shape index (κ1) is 20.2. The monoisotopic (exact) mass is 386 g/mol. The zero-order chi connectivity index (χ0) is 20.1. The molecule has 3 saturated carbocycles. The fraction of sp³-hybridized carbons (Fsp3) is 0.840. The third-order valence-electron chi connectivity index (χ3n) is 9.70. The first-order valence-corrected chi connectivity index (χ1v) is 11.6. The van der Waals surface area contributed by atoms with Crippen molar-refractivity contribution >= 4 is 11.8 Å². The summed E-state index contributed by atoms with van der Waals surface area (Å²) in [6.07, 6.45) is 14.5. The molecule has 8 atom stereocenters. The second-order valence-corrected chi connectivity index (χ2v) is 10.8. The zero-order valence-electron chi connectivity index (χ0n) is 18.2. The Bertz CT molecular complexity index is 667. The molecular formula is C25H38O3. The summed E-state index contributed by atoms with van der Waals surface area (Å²) in [5.74, 6) is 4.43. The fourth-order valence-corrected chi connectivity index (χ4v) is 8.01. The molecule has 0 saturated heterocycles. The normalized spacial score (nSPS) is 45.7. The maximum Gasteiger partial charge on any atom is 0.305 e. The Morgan fingerprint density at radius 1 is 1.25 bits per heavy atom. The molecule has 0 spiro atoms. The molecule has 0 aliphatic heterocycles. The molecular weight excluding hydrogens is 348 g/mol. The average Bonchev–Trinajstić information content (AvgIpc) is 3.03. The molecule has 0 bridgehead atoms. The predicted molar refractivity (Wildman–Crippen MR) is 111 cm³/mol. The summed E-state index contributed by atoms with van der Waals surface area (Å²) in [7, 11) is 1.49. The Morgan fingerprint density at radius 3 is 2.79 bits per heavy atom. The smallest absolute Gasteiger partial charge is 0.305 e. The van der Waals surface area contributed by atoms with Crippen LogP contribution in [0.1, 0.15) is 78.6 Å². The van der Waals surface area contributed by atoms with E-state index in [1.807, 2.05) is 0 Å². The standard InChI is InChI=1S/C25H38O3/c1-16(5-10-23(27)28-4)20-8-9-21-19-7-6-17-15-18(26)11-13-24(17,2)22(19)12-14-25(20,21)3/h12,14,16-17,19-22H,5-11,13,15H2,1-4H3/t16-,17+,19+,20-,21+,22+,24+,25-/m1/s1. The first-order chi connectivity index (χ1) is 13.3. The van der Waals surface area contributed by atoms with E-state index in [1.54, 1.807) is 0 Å². The molecule has 0 unspecified atom stereocenters. The van der Waals surface area contributed by atoms with Gasteiger partial charge in [0.05, 0.1) is 7.11 Å². The van der Waals surface area contributed by atoms with Crippen molar-refractivity contribution in [2.24, 2.45) is 46.3 Å². The second-order valence-electron chi connectivity index (χ2n) is 10.8. The maximum absolute atomic E-state index is 12.1. The molecule has 0 heterocycles. The third kappa shape index (κ3) is 3.08. The van der Waals surface area contributed by atoms with Crippen LogP contribution in [0.4, 0.5) is 0 Å². The molecule has 4 aliphatic carbocycles. The second kappa shape index (κ2) is 7.29. The van der Waals surface area contributed by atoms with Crippen LogP contribution < -0.4 is 0 Å². The zero-order valence-corrected chi connectivity index (χ0v) is 18.2. The van der Waals surface area contributed by atoms with Gasteiger partial charge in [0.25, 0.3) is 0 Å². The van der Waals surface area contributed by atoms with Crippen LogP contribution in [-0.4, -0.2) is 18.9 Å². The van der Waals surface area contributed by atoms with Crippen LogP contribution in [0.2, 0.25) is 0 Å². The largest absolute Gasteiger partial charge is 0.469 e. The number of ketones is 1. The van der Waals surface area contributed by atoms with Gasteiger partial charge in [-0.15, -0.1) is 0 Å². The molecule has 0 aromatic heterocycles. The quantitative estimate of drug-likeness (QED) is 0.468. The van der Waals surface area contributed by atoms with Gasteiger partial charge < -0.3 is 4.74 Å². The molecule has 4 aliphatic rings. The summed E-state index contributed by atoms with van der Waals surface area (Å²) in [6.45, 7) is 7.32. The van der Waals surface area contributed by atoms with Crippen molar-refractivity contribution in [3.05, 3.63) is 12.2 Å². The van der Waals surface area contributed by atoms with Gasteiger partial charge in [-0.1, -0.05) is 32.9 Å². The highest BCUT2D eigenvalue weighted by Gasteiger charge is 2.58. The van der Waals surface area contributed by atoms with Crippen LogP contribution in [0.5, 0.6) is 0 Å². The van der Waals surface area contributed by atoms with E-state index in [0.717, 1.165) is 37.5 Å². The molecule has 0 amide bonds. The lowest BCUT2D eigenvalue weighted by molar-refractivity contribution is -0.141. The van der Waals surface area contributed by atoms with Gasteiger partial charge >= 0.3 is 5.97 Å². The van der Waals surface area contributed by atoms with E-state index in [-0.39, 0.29) is 11.4 Å². The molecule has 3 fully saturated rings. The number of Topliss-reactive ketones (excluding diaryl/α,β-unsaturated/α-hetero) is 1. The number of esters is 1. The lowest BCUT2D eigenvalue weighted by atomic mass is 9.46. The minimum atomic E-state index is -0.0797. The SMILES string of the molecule is COC(=O)CC[C@@H](C)[C@H]1CC[C@H]2[C@@H]3CC[C@H]4CC(=O)CC[C@]4(C)[C@H]3C=C[C@]12C. The predicted octanol–water partition coefficient (Wildman–Crippen LogP) is 5.58. The van der Waals surface area contributed by atoms with Crippen molar-refractivity contribution in [3.63, 3.8) is 0 Å². The minimum Gasteiger partial charge on any atom is -0.469 e. The van der Waals surface area contributed by atoms with E-state index in [9.17, 15) is 9.59 Å². The first-order valence-electron chi connectivity index (χ1n) is 11.6. The van der Waals surface area contributed by atoms with Gasteiger partial charge in [-0.2, -0.15) is 0 Å². The van der Waals surface area contributed by atoms with Gasteiger partial charge in [0.15, 0.2) is 0 Å². The Labute approximate surface area is 170 Å². The number of carbonyl (C=O) groups excluding carboxylic acids is 2. The Morgan fingerprint density at radius 2 is 2.04 bits per heavy atom. The number of fused-ring (bicyclic) bond motifs is 5. The van der Waals surface area contributed by atoms with Gasteiger partial charge in [-0.05, 0) is 84.9 Å². The number of hydrogen-bond acceptors (Lipinski definition) is 3. The van der Waals surface area contributed by atoms with E-state index in [2.05, 4.69) is 32.9 Å². The van der Waals surface area contributed by atoms with Crippen LogP contribution in [0.15, 0.2) is 12.2 Å². The number of carbonyl (C=O) groups is 2. The maximum atomic E-state index is 12.1. The summed E-state index contributed by atoms with van der Waals surface area (Å²) >= 11 is 0. The highest BCUT2D eigenvalue weighted by Crippen LogP contribution is 2.65. The summed E-state index contributed by atoms with van der Waals surface area (Å²) in [6, 6.07) is 0. The van der Waals surface area contributed by atoms with Crippen molar-refractivity contribution in [2.45, 2.75) is 78.6 Å². The van der Waals surface area contributed by atoms with Crippen molar-refractivity contribution < 1.29 is 14.3 Å². The molecule has 3 nitrogen and oxygen atoms in total. The van der Waals surface area contributed by atoms with E-state index < -0.39 is 0 Å². The Kier molecular flexibility index (Phi) is 5.25. The molecule has 0 aromatic rings. The van der Waals surface area contributed by atoms with E-state index in [1.165, 1.54) is 32.8 Å². The highest BCUT2D eigenvalue weighted by molar-refractivity contribution is 5.79. The highest BCUT2D eigenvalue weighted by atomic mass is 16.5. The molecule has 28 heavy (non-hydrogen) atoms. The van der Waals surface area contributed by atoms with Crippen LogP contribution in [0, 0.1) is 46.3 Å². The fourth-order valence-electron chi connectivity index (χ4n) is 8.01. The third-order valence-corrected chi connectivity index (χ3v) is 9.70. The number of rotatable bonds is 4. The van der Waals surface area contributed by atoms with E-state index in [0.29, 0.717) is 41.3 Å². The van der Waals surface area contributed by atoms with Crippen molar-refractivity contribution in [2.75, 3.05) is 7.11 Å². The van der Waals surface area contributed by atoms with Gasteiger partial charge in [0.1, 0.15) is 5.78 Å². The summed E-state index contributed by atoms with van der Waals surface area (Å²) in [4.78, 5) is 23.7. The lowest BCUT2D eigenvalue weighted by Gasteiger charge is -2.58. The van der Waals surface area contributed by atoms with Gasteiger partial charge in [-0.25, -0.2) is 0 Å². The Hall–Kier alpha value is -1.12. The Balaban J connectivity index is 1.54. The van der Waals surface area contributed by atoms with Gasteiger partial charge in [0, 0.05) is 19.3 Å². The van der Waals surface area contributed by atoms with Crippen molar-refractivity contribution in [3.8, 4) is 0 Å². The summed E-state index contributed by atoms with van der Waals surface area (Å²) in [5.41, 5.74) is 0.591. The number of methoxy groups -OCH3 is 1. The molecule has 0 N–H and O–H groups in total. The molecule has 4 rings (SSSR count). The molecule has 0 radical (unpaired) electrons. The molecule has 156 valence electrons. The number of hydrogen-bond donors (Lipinski definition) is 0. The summed E-state index contributed by atoms with van der Waals surface area (Å²) < 4.78 is 4.86. The topological polar surface area (TPSA) is 43.4 Å². The molecule has 3 heteroatoms. The van der Waals surface area contributed by atoms with Crippen LogP contribution in [-0.2, 0) is 14.3 Å². The minimum absolute atomic E-state index is 0.0797.